The van der Waals surface area contributed by atoms with E-state index < -0.39 is 16.2 Å². The molecule has 116 valence electrons. The second kappa shape index (κ2) is 7.18. The maximum absolute atomic E-state index is 12.3. The van der Waals surface area contributed by atoms with E-state index in [0.29, 0.717) is 24.7 Å². The first kappa shape index (κ1) is 16.2. The number of benzene rings is 1. The van der Waals surface area contributed by atoms with Crippen LogP contribution >= 0.6 is 0 Å². The summed E-state index contributed by atoms with van der Waals surface area (Å²) in [5.74, 6) is 1.24. The molecule has 0 aliphatic carbocycles. The van der Waals surface area contributed by atoms with Crippen LogP contribution in [0.5, 0.6) is 0 Å². The van der Waals surface area contributed by atoms with Crippen LogP contribution in [0.25, 0.3) is 0 Å². The van der Waals surface area contributed by atoms with Crippen LogP contribution in [0, 0.1) is 5.41 Å². The summed E-state index contributed by atoms with van der Waals surface area (Å²) >= 11 is 0. The van der Waals surface area contributed by atoms with Gasteiger partial charge in [0.05, 0.1) is 18.6 Å². The van der Waals surface area contributed by atoms with Gasteiger partial charge in [-0.15, -0.1) is 0 Å². The van der Waals surface area contributed by atoms with Crippen LogP contribution in [-0.2, 0) is 26.9 Å². The summed E-state index contributed by atoms with van der Waals surface area (Å²) in [6.45, 7) is 4.62. The Labute approximate surface area is 128 Å². The number of ether oxygens (including phenoxy) is 1. The molecule has 2 rings (SSSR count). The topological polar surface area (TPSA) is 55.4 Å². The molecular formula is C16H23NO3S. The Hall–Kier alpha value is -1.20. The fraction of sp³-hybridized carbons (Fsp3) is 0.562. The second-order valence-electron chi connectivity index (χ2n) is 6.13. The van der Waals surface area contributed by atoms with Crippen molar-refractivity contribution in [2.75, 3.05) is 18.1 Å². The minimum Gasteiger partial charge on any atom is -0.376 e. The van der Waals surface area contributed by atoms with Gasteiger partial charge in [-0.25, -0.2) is 0 Å². The van der Waals surface area contributed by atoms with Crippen molar-refractivity contribution in [1.29, 1.82) is 0 Å². The Morgan fingerprint density at radius 3 is 2.71 bits per heavy atom. The van der Waals surface area contributed by atoms with Gasteiger partial charge in [-0.05, 0) is 25.8 Å². The van der Waals surface area contributed by atoms with Crippen molar-refractivity contribution in [3.63, 3.8) is 0 Å². The van der Waals surface area contributed by atoms with E-state index in [1.54, 1.807) is 0 Å². The summed E-state index contributed by atoms with van der Waals surface area (Å²) in [6.07, 6.45) is 0.805. The van der Waals surface area contributed by atoms with Crippen LogP contribution in [-0.4, -0.2) is 34.3 Å². The molecule has 1 heterocycles. The van der Waals surface area contributed by atoms with E-state index in [2.05, 4.69) is 5.32 Å². The highest BCUT2D eigenvalue weighted by atomic mass is 32.2. The van der Waals surface area contributed by atoms with Gasteiger partial charge in [0.1, 0.15) is 0 Å². The maximum atomic E-state index is 12.3. The number of rotatable bonds is 6. The predicted molar refractivity (Wildman–Crippen MR) is 84.3 cm³/mol. The molecule has 1 aromatic carbocycles. The summed E-state index contributed by atoms with van der Waals surface area (Å²) in [6, 6.07) is 9.95. The number of carbonyl (C=O) groups excluding carboxylic acids is 1. The fourth-order valence-electron chi connectivity index (χ4n) is 2.22. The Kier molecular flexibility index (Phi) is 5.53. The molecule has 1 saturated heterocycles. The lowest BCUT2D eigenvalue weighted by Crippen LogP contribution is -2.45. The number of hydrogen-bond acceptors (Lipinski definition) is 3. The minimum absolute atomic E-state index is 0.0283. The van der Waals surface area contributed by atoms with E-state index in [1.165, 1.54) is 0 Å². The Morgan fingerprint density at radius 2 is 2.10 bits per heavy atom. The van der Waals surface area contributed by atoms with Crippen molar-refractivity contribution in [2.45, 2.75) is 32.9 Å². The van der Waals surface area contributed by atoms with E-state index in [1.807, 2.05) is 44.2 Å². The van der Waals surface area contributed by atoms with E-state index in [9.17, 15) is 9.00 Å². The molecule has 0 unspecified atom stereocenters. The van der Waals surface area contributed by atoms with Gasteiger partial charge in [-0.3, -0.25) is 9.00 Å². The van der Waals surface area contributed by atoms with E-state index >= 15 is 0 Å². The SMILES string of the molecule is CC(C)(COCc1ccccc1)C(=O)N[C@@H]1CC[S@](=O)C1. The van der Waals surface area contributed by atoms with Crippen molar-refractivity contribution >= 4 is 16.7 Å². The van der Waals surface area contributed by atoms with Crippen molar-refractivity contribution in [2.24, 2.45) is 5.41 Å². The molecule has 1 aliphatic rings. The van der Waals surface area contributed by atoms with Crippen LogP contribution in [0.1, 0.15) is 25.8 Å². The van der Waals surface area contributed by atoms with Crippen molar-refractivity contribution in [3.05, 3.63) is 35.9 Å². The normalized spacial score (nSPS) is 22.2. The lowest BCUT2D eigenvalue weighted by molar-refractivity contribution is -0.133. The van der Waals surface area contributed by atoms with Crippen LogP contribution in [0.2, 0.25) is 0 Å². The van der Waals surface area contributed by atoms with Crippen LogP contribution in [0.4, 0.5) is 0 Å². The molecule has 1 N–H and O–H groups in total. The molecule has 5 heteroatoms. The smallest absolute Gasteiger partial charge is 0.228 e. The quantitative estimate of drug-likeness (QED) is 0.873. The molecule has 1 aromatic rings. The lowest BCUT2D eigenvalue weighted by Gasteiger charge is -2.25. The molecule has 0 aromatic heterocycles. The first-order valence-electron chi connectivity index (χ1n) is 7.25. The third kappa shape index (κ3) is 4.93. The van der Waals surface area contributed by atoms with Crippen LogP contribution < -0.4 is 5.32 Å². The Bertz CT molecular complexity index is 502. The zero-order valence-corrected chi connectivity index (χ0v) is 13.4. The molecule has 1 fully saturated rings. The van der Waals surface area contributed by atoms with E-state index in [4.69, 9.17) is 4.74 Å². The summed E-state index contributed by atoms with van der Waals surface area (Å²) in [5.41, 5.74) is 0.513. The van der Waals surface area contributed by atoms with Gasteiger partial charge < -0.3 is 10.1 Å². The van der Waals surface area contributed by atoms with Gasteiger partial charge in [-0.1, -0.05) is 30.3 Å². The second-order valence-corrected chi connectivity index (χ2v) is 7.75. The zero-order valence-electron chi connectivity index (χ0n) is 12.6. The van der Waals surface area contributed by atoms with Crippen LogP contribution in [0.15, 0.2) is 30.3 Å². The number of amides is 1. The molecule has 1 aliphatic heterocycles. The standard InChI is InChI=1S/C16H23NO3S/c1-16(2,12-20-10-13-6-4-3-5-7-13)15(18)17-14-8-9-21(19)11-14/h3-7,14H,8-12H2,1-2H3,(H,17,18)/t14-,21+/m1/s1. The molecular weight excluding hydrogens is 286 g/mol. The molecule has 1 amide bonds. The van der Waals surface area contributed by atoms with Gasteiger partial charge in [-0.2, -0.15) is 0 Å². The van der Waals surface area contributed by atoms with E-state index in [-0.39, 0.29) is 11.9 Å². The summed E-state index contributed by atoms with van der Waals surface area (Å²) in [5, 5.41) is 2.99. The summed E-state index contributed by atoms with van der Waals surface area (Å²) in [7, 11) is -0.772. The van der Waals surface area contributed by atoms with Crippen LogP contribution in [0.3, 0.4) is 0 Å². The third-order valence-electron chi connectivity index (χ3n) is 3.61. The maximum Gasteiger partial charge on any atom is 0.228 e. The molecule has 0 bridgehead atoms. The van der Waals surface area contributed by atoms with E-state index in [0.717, 1.165) is 12.0 Å². The van der Waals surface area contributed by atoms with Gasteiger partial charge in [0.15, 0.2) is 0 Å². The zero-order chi connectivity index (χ0) is 15.3. The molecule has 21 heavy (non-hydrogen) atoms. The first-order valence-corrected chi connectivity index (χ1v) is 8.74. The number of nitrogens with one attached hydrogen (secondary N) is 1. The Morgan fingerprint density at radius 1 is 1.38 bits per heavy atom. The summed E-state index contributed by atoms with van der Waals surface area (Å²) < 4.78 is 17.0. The minimum atomic E-state index is -0.772. The fourth-order valence-corrected chi connectivity index (χ4v) is 3.64. The molecule has 0 saturated carbocycles. The first-order chi connectivity index (χ1) is 9.97. The lowest BCUT2D eigenvalue weighted by atomic mass is 9.93. The average Bonchev–Trinajstić information content (AvgIpc) is 2.85. The molecule has 0 spiro atoms. The highest BCUT2D eigenvalue weighted by Crippen LogP contribution is 2.18. The highest BCUT2D eigenvalue weighted by molar-refractivity contribution is 7.85. The molecule has 4 nitrogen and oxygen atoms in total. The van der Waals surface area contributed by atoms with Gasteiger partial charge in [0.2, 0.25) is 5.91 Å². The third-order valence-corrected chi connectivity index (χ3v) is 5.07. The van der Waals surface area contributed by atoms with Crippen molar-refractivity contribution in [1.82, 2.24) is 5.32 Å². The van der Waals surface area contributed by atoms with Gasteiger partial charge >= 0.3 is 0 Å². The average molecular weight is 309 g/mol. The van der Waals surface area contributed by atoms with Crippen molar-refractivity contribution < 1.29 is 13.7 Å². The largest absolute Gasteiger partial charge is 0.376 e. The van der Waals surface area contributed by atoms with Gasteiger partial charge in [0, 0.05) is 28.3 Å². The molecule has 2 atom stereocenters. The Balaban J connectivity index is 1.77. The number of carbonyl (C=O) groups is 1. The predicted octanol–water partition coefficient (Wildman–Crippen LogP) is 1.87. The highest BCUT2D eigenvalue weighted by Gasteiger charge is 2.31. The van der Waals surface area contributed by atoms with Gasteiger partial charge in [0.25, 0.3) is 0 Å². The summed E-state index contributed by atoms with van der Waals surface area (Å²) in [4.78, 5) is 12.3. The number of hydrogen-bond donors (Lipinski definition) is 1. The molecule has 0 radical (unpaired) electrons. The monoisotopic (exact) mass is 309 g/mol. The van der Waals surface area contributed by atoms with Crippen molar-refractivity contribution in [3.8, 4) is 0 Å².